The monoisotopic (exact) mass is 414 g/mol. The van der Waals surface area contributed by atoms with Crippen molar-refractivity contribution in [3.63, 3.8) is 0 Å². The lowest BCUT2D eigenvalue weighted by molar-refractivity contribution is -0.927. The summed E-state index contributed by atoms with van der Waals surface area (Å²) >= 11 is 0. The van der Waals surface area contributed by atoms with Crippen molar-refractivity contribution >= 4 is 17.9 Å². The Morgan fingerprint density at radius 3 is 1.48 bits per heavy atom. The molecule has 0 radical (unpaired) electrons. The van der Waals surface area contributed by atoms with E-state index in [0.29, 0.717) is 6.54 Å². The molecule has 0 aromatic rings. The minimum absolute atomic E-state index is 0.0902. The lowest BCUT2D eigenvalue weighted by atomic mass is 10.1. The largest absolute Gasteiger partial charge is 0.481 e. The third-order valence-corrected chi connectivity index (χ3v) is 5.29. The summed E-state index contributed by atoms with van der Waals surface area (Å²) in [6.07, 6.45) is 14.3. The van der Waals surface area contributed by atoms with Crippen LogP contribution in [0.15, 0.2) is 12.2 Å². The number of rotatable bonds is 20. The van der Waals surface area contributed by atoms with Crippen molar-refractivity contribution in [2.75, 3.05) is 26.2 Å². The van der Waals surface area contributed by atoms with Crippen LogP contribution >= 0.6 is 0 Å². The number of quaternary nitrogens is 1. The zero-order chi connectivity index (χ0) is 22.0. The van der Waals surface area contributed by atoms with Crippen molar-refractivity contribution in [2.24, 2.45) is 0 Å². The number of carboxylic acids is 3. The molecule has 0 unspecified atom stereocenters. The molecule has 7 nitrogen and oxygen atoms in total. The van der Waals surface area contributed by atoms with Gasteiger partial charge in [-0.3, -0.25) is 14.4 Å². The molecule has 7 heteroatoms. The second-order valence-corrected chi connectivity index (χ2v) is 7.84. The third kappa shape index (κ3) is 16.7. The molecule has 29 heavy (non-hydrogen) atoms. The molecule has 0 saturated carbocycles. The molecule has 0 aromatic heterocycles. The highest BCUT2D eigenvalue weighted by atomic mass is 16.4. The summed E-state index contributed by atoms with van der Waals surface area (Å²) in [6, 6.07) is 0. The van der Waals surface area contributed by atoms with Gasteiger partial charge in [0.15, 0.2) is 0 Å². The Morgan fingerprint density at radius 2 is 1.03 bits per heavy atom. The van der Waals surface area contributed by atoms with Crippen LogP contribution in [0.5, 0.6) is 0 Å². The van der Waals surface area contributed by atoms with Gasteiger partial charge in [-0.25, -0.2) is 0 Å². The lowest BCUT2D eigenvalue weighted by Crippen LogP contribution is -2.52. The first-order valence-electron chi connectivity index (χ1n) is 11.0. The molecule has 0 aliphatic rings. The standard InChI is InChI=1S/C22H39NO6/c1-2-3-4-5-6-7-8-9-10-11-12-16-23(17-13-20(24)25,18-14-21(26)27)19-15-22(28)29/h9-10H,2-8,11-19H2,1H3,(H2-,24,25,26,27,28,29)/p+1/b10-9+. The van der Waals surface area contributed by atoms with Crippen molar-refractivity contribution in [2.45, 2.75) is 84.0 Å². The van der Waals surface area contributed by atoms with E-state index >= 15 is 0 Å². The molecule has 3 N–H and O–H groups in total. The van der Waals surface area contributed by atoms with Gasteiger partial charge in [-0.2, -0.15) is 0 Å². The van der Waals surface area contributed by atoms with Gasteiger partial charge >= 0.3 is 17.9 Å². The molecule has 0 saturated heterocycles. The van der Waals surface area contributed by atoms with Gasteiger partial charge in [0.1, 0.15) is 0 Å². The van der Waals surface area contributed by atoms with Gasteiger partial charge in [-0.1, -0.05) is 51.2 Å². The fraction of sp³-hybridized carbons (Fsp3) is 0.773. The Hall–Kier alpha value is -1.89. The first-order chi connectivity index (χ1) is 13.8. The van der Waals surface area contributed by atoms with Crippen molar-refractivity contribution < 1.29 is 34.2 Å². The second-order valence-electron chi connectivity index (χ2n) is 7.84. The number of unbranched alkanes of at least 4 members (excludes halogenated alkanes) is 7. The Morgan fingerprint density at radius 1 is 0.621 bits per heavy atom. The molecule has 0 atom stereocenters. The molecule has 0 aromatic carbocycles. The van der Waals surface area contributed by atoms with Gasteiger partial charge in [0.05, 0.1) is 45.4 Å². The van der Waals surface area contributed by atoms with Crippen molar-refractivity contribution in [3.05, 3.63) is 12.2 Å². The van der Waals surface area contributed by atoms with Crippen LogP contribution in [-0.2, 0) is 14.4 Å². The zero-order valence-electron chi connectivity index (χ0n) is 18.0. The number of aliphatic carboxylic acids is 3. The normalized spacial score (nSPS) is 11.8. The van der Waals surface area contributed by atoms with Crippen LogP contribution in [0.4, 0.5) is 0 Å². The second kappa shape index (κ2) is 17.0. The van der Waals surface area contributed by atoms with Gasteiger partial charge in [0, 0.05) is 6.42 Å². The SMILES string of the molecule is CCCCCCCC/C=C/CCC[N+](CCC(=O)O)(CCC(=O)O)CCC(=O)O. The maximum absolute atomic E-state index is 11.0. The maximum Gasteiger partial charge on any atom is 0.309 e. The molecular weight excluding hydrogens is 374 g/mol. The van der Waals surface area contributed by atoms with Crippen molar-refractivity contribution in [3.8, 4) is 0 Å². The summed E-state index contributed by atoms with van der Waals surface area (Å²) < 4.78 is 0.232. The third-order valence-electron chi connectivity index (χ3n) is 5.29. The molecular formula is C22H40NO6+. The predicted molar refractivity (Wildman–Crippen MR) is 113 cm³/mol. The van der Waals surface area contributed by atoms with Gasteiger partial charge in [0.25, 0.3) is 0 Å². The van der Waals surface area contributed by atoms with Crippen LogP contribution in [-0.4, -0.2) is 63.9 Å². The number of carbonyl (C=O) groups is 3. The van der Waals surface area contributed by atoms with E-state index in [-0.39, 0.29) is 43.4 Å². The molecule has 0 amide bonds. The van der Waals surface area contributed by atoms with E-state index in [1.807, 2.05) is 0 Å². The van der Waals surface area contributed by atoms with E-state index in [0.717, 1.165) is 19.3 Å². The first-order valence-corrected chi connectivity index (χ1v) is 11.0. The van der Waals surface area contributed by atoms with Gasteiger partial charge in [-0.05, 0) is 19.3 Å². The Kier molecular flexibility index (Phi) is 15.9. The average molecular weight is 415 g/mol. The number of allylic oxidation sites excluding steroid dienone is 2. The Labute approximate surface area is 175 Å². The van der Waals surface area contributed by atoms with Crippen LogP contribution in [0.2, 0.25) is 0 Å². The topological polar surface area (TPSA) is 112 Å². The summed E-state index contributed by atoms with van der Waals surface area (Å²) in [5, 5.41) is 27.1. The highest BCUT2D eigenvalue weighted by Crippen LogP contribution is 2.15. The summed E-state index contributed by atoms with van der Waals surface area (Å²) in [6.45, 7) is 3.59. The number of carboxylic acid groups (broad SMARTS) is 3. The molecule has 0 fully saturated rings. The Balaban J connectivity index is 4.51. The smallest absolute Gasteiger partial charge is 0.309 e. The molecule has 0 rings (SSSR count). The van der Waals surface area contributed by atoms with Gasteiger partial charge < -0.3 is 19.8 Å². The summed E-state index contributed by atoms with van der Waals surface area (Å²) in [5.74, 6) is -2.84. The highest BCUT2D eigenvalue weighted by Gasteiger charge is 2.29. The van der Waals surface area contributed by atoms with Crippen LogP contribution in [0.25, 0.3) is 0 Å². The maximum atomic E-state index is 11.0. The van der Waals surface area contributed by atoms with Crippen molar-refractivity contribution in [1.29, 1.82) is 0 Å². The molecule has 0 heterocycles. The Bertz CT molecular complexity index is 458. The first kappa shape index (κ1) is 27.1. The molecule has 0 bridgehead atoms. The fourth-order valence-electron chi connectivity index (χ4n) is 3.49. The van der Waals surface area contributed by atoms with E-state index in [4.69, 9.17) is 15.3 Å². The minimum atomic E-state index is -0.947. The quantitative estimate of drug-likeness (QED) is 0.155. The fourth-order valence-corrected chi connectivity index (χ4v) is 3.49. The molecule has 0 spiro atoms. The number of nitrogens with zero attached hydrogens (tertiary/aromatic N) is 1. The molecule has 168 valence electrons. The summed E-state index contributed by atoms with van der Waals surface area (Å²) in [7, 11) is 0. The van der Waals surface area contributed by atoms with Crippen LogP contribution < -0.4 is 0 Å². The summed E-state index contributed by atoms with van der Waals surface area (Å²) in [4.78, 5) is 33.1. The van der Waals surface area contributed by atoms with Gasteiger partial charge in [-0.15, -0.1) is 0 Å². The van der Waals surface area contributed by atoms with Gasteiger partial charge in [0.2, 0.25) is 0 Å². The minimum Gasteiger partial charge on any atom is -0.481 e. The van der Waals surface area contributed by atoms with E-state index in [1.54, 1.807) is 0 Å². The highest BCUT2D eigenvalue weighted by molar-refractivity contribution is 5.67. The van der Waals surface area contributed by atoms with E-state index in [1.165, 1.54) is 38.5 Å². The van der Waals surface area contributed by atoms with E-state index in [2.05, 4.69) is 19.1 Å². The average Bonchev–Trinajstić information content (AvgIpc) is 2.66. The number of hydrogen-bond acceptors (Lipinski definition) is 3. The lowest BCUT2D eigenvalue weighted by Gasteiger charge is -2.38. The predicted octanol–water partition coefficient (Wildman–Crippen LogP) is 4.31. The van der Waals surface area contributed by atoms with E-state index in [9.17, 15) is 14.4 Å². The van der Waals surface area contributed by atoms with Crippen molar-refractivity contribution in [1.82, 2.24) is 0 Å². The van der Waals surface area contributed by atoms with E-state index < -0.39 is 17.9 Å². The van der Waals surface area contributed by atoms with Crippen LogP contribution in [0.3, 0.4) is 0 Å². The number of hydrogen-bond donors (Lipinski definition) is 3. The molecule has 0 aliphatic heterocycles. The van der Waals surface area contributed by atoms with Crippen LogP contribution in [0, 0.1) is 0 Å². The van der Waals surface area contributed by atoms with Crippen LogP contribution in [0.1, 0.15) is 84.0 Å². The molecule has 0 aliphatic carbocycles. The summed E-state index contributed by atoms with van der Waals surface area (Å²) in [5.41, 5.74) is 0. The zero-order valence-corrected chi connectivity index (χ0v) is 18.0.